The van der Waals surface area contributed by atoms with E-state index >= 15 is 0 Å². The van der Waals surface area contributed by atoms with Gasteiger partial charge in [-0.3, -0.25) is 14.7 Å². The van der Waals surface area contributed by atoms with E-state index in [9.17, 15) is 8.42 Å². The van der Waals surface area contributed by atoms with Crippen molar-refractivity contribution >= 4 is 21.8 Å². The smallest absolute Gasteiger partial charge is 0.263 e. The second-order valence-corrected chi connectivity index (χ2v) is 5.15. The predicted molar refractivity (Wildman–Crippen MR) is 69.4 cm³/mol. The maximum Gasteiger partial charge on any atom is 0.263 e. The highest BCUT2D eigenvalue weighted by Gasteiger charge is 2.14. The van der Waals surface area contributed by atoms with Crippen LogP contribution in [-0.4, -0.2) is 18.4 Å². The van der Waals surface area contributed by atoms with Gasteiger partial charge in [0.05, 0.1) is 17.6 Å². The summed E-state index contributed by atoms with van der Waals surface area (Å²) in [7, 11) is -3.63. The van der Waals surface area contributed by atoms with Crippen LogP contribution in [0, 0.1) is 0 Å². The quantitative estimate of drug-likeness (QED) is 0.912. The van der Waals surface area contributed by atoms with Gasteiger partial charge < -0.3 is 0 Å². The van der Waals surface area contributed by atoms with Crippen molar-refractivity contribution in [2.24, 2.45) is 0 Å². The molecule has 2 rings (SSSR count). The minimum absolute atomic E-state index is 0.0944. The number of rotatable bonds is 4. The zero-order chi connectivity index (χ0) is 13.0. The van der Waals surface area contributed by atoms with Crippen LogP contribution in [-0.2, 0) is 10.0 Å². The van der Waals surface area contributed by atoms with Crippen LogP contribution in [0.4, 0.5) is 5.69 Å². The molecular weight excluding hydrogens is 250 g/mol. The van der Waals surface area contributed by atoms with Gasteiger partial charge in [-0.2, -0.15) is 0 Å². The summed E-state index contributed by atoms with van der Waals surface area (Å²) in [6, 6.07) is 6.33. The maximum absolute atomic E-state index is 12.0. The average molecular weight is 261 g/mol. The second kappa shape index (κ2) is 4.97. The van der Waals surface area contributed by atoms with E-state index in [0.29, 0.717) is 11.4 Å². The predicted octanol–water partition coefficient (Wildman–Crippen LogP) is 1.92. The Morgan fingerprint density at radius 2 is 2.06 bits per heavy atom. The normalized spacial score (nSPS) is 10.9. The third-order valence-electron chi connectivity index (χ3n) is 2.19. The summed E-state index contributed by atoms with van der Waals surface area (Å²) < 4.78 is 26.4. The number of hydrogen-bond donors (Lipinski definition) is 1. The second-order valence-electron chi connectivity index (χ2n) is 3.47. The van der Waals surface area contributed by atoms with Gasteiger partial charge in [0.2, 0.25) is 0 Å². The molecular formula is C12H11N3O2S. The van der Waals surface area contributed by atoms with Gasteiger partial charge in [-0.25, -0.2) is 8.42 Å². The van der Waals surface area contributed by atoms with Gasteiger partial charge in [-0.15, -0.1) is 0 Å². The molecule has 18 heavy (non-hydrogen) atoms. The summed E-state index contributed by atoms with van der Waals surface area (Å²) in [5.41, 5.74) is 1.03. The summed E-state index contributed by atoms with van der Waals surface area (Å²) in [6.07, 6.45) is 5.84. The van der Waals surface area contributed by atoms with Gasteiger partial charge in [0, 0.05) is 12.4 Å². The largest absolute Gasteiger partial charge is 0.278 e. The first-order valence-electron chi connectivity index (χ1n) is 5.13. The van der Waals surface area contributed by atoms with Crippen LogP contribution in [0.5, 0.6) is 0 Å². The molecule has 1 N–H and O–H groups in total. The van der Waals surface area contributed by atoms with E-state index in [2.05, 4.69) is 21.3 Å². The van der Waals surface area contributed by atoms with Gasteiger partial charge in [0.15, 0.2) is 0 Å². The molecule has 0 aliphatic rings. The van der Waals surface area contributed by atoms with E-state index in [1.165, 1.54) is 18.5 Å². The van der Waals surface area contributed by atoms with E-state index in [-0.39, 0.29) is 4.90 Å². The molecule has 0 unspecified atom stereocenters. The molecule has 2 aromatic heterocycles. The maximum atomic E-state index is 12.0. The average Bonchev–Trinajstić information content (AvgIpc) is 2.39. The number of anilines is 1. The first-order chi connectivity index (χ1) is 8.62. The number of sulfonamides is 1. The molecule has 6 heteroatoms. The molecule has 2 aromatic rings. The zero-order valence-corrected chi connectivity index (χ0v) is 10.3. The molecule has 0 bridgehead atoms. The fourth-order valence-corrected chi connectivity index (χ4v) is 2.30. The first kappa shape index (κ1) is 12.3. The molecule has 0 spiro atoms. The summed E-state index contributed by atoms with van der Waals surface area (Å²) >= 11 is 0. The Kier molecular flexibility index (Phi) is 3.38. The number of aromatic nitrogens is 2. The van der Waals surface area contributed by atoms with Gasteiger partial charge in [0.25, 0.3) is 10.0 Å². The molecule has 0 aliphatic heterocycles. The molecule has 92 valence electrons. The van der Waals surface area contributed by atoms with Gasteiger partial charge >= 0.3 is 0 Å². The summed E-state index contributed by atoms with van der Waals surface area (Å²) in [5.74, 6) is 0. The monoisotopic (exact) mass is 261 g/mol. The Hall–Kier alpha value is -2.21. The van der Waals surface area contributed by atoms with Crippen LogP contribution in [0.1, 0.15) is 5.69 Å². The molecule has 5 nitrogen and oxygen atoms in total. The minimum Gasteiger partial charge on any atom is -0.278 e. The van der Waals surface area contributed by atoms with Crippen molar-refractivity contribution in [2.45, 2.75) is 4.90 Å². The Morgan fingerprint density at radius 1 is 1.22 bits per heavy atom. The van der Waals surface area contributed by atoms with Crippen LogP contribution in [0.25, 0.3) is 6.08 Å². The third-order valence-corrected chi connectivity index (χ3v) is 3.56. The van der Waals surface area contributed by atoms with Crippen molar-refractivity contribution < 1.29 is 8.42 Å². The molecule has 0 saturated carbocycles. The van der Waals surface area contributed by atoms with Crippen molar-refractivity contribution in [3.63, 3.8) is 0 Å². The molecule has 0 fully saturated rings. The first-order valence-corrected chi connectivity index (χ1v) is 6.61. The third kappa shape index (κ3) is 2.72. The number of hydrogen-bond acceptors (Lipinski definition) is 4. The summed E-state index contributed by atoms with van der Waals surface area (Å²) in [6.45, 7) is 3.55. The molecule has 2 heterocycles. The lowest BCUT2D eigenvalue weighted by atomic mass is 10.3. The van der Waals surface area contributed by atoms with Crippen molar-refractivity contribution in [3.05, 3.63) is 55.1 Å². The van der Waals surface area contributed by atoms with Crippen LogP contribution in [0.2, 0.25) is 0 Å². The van der Waals surface area contributed by atoms with Crippen LogP contribution >= 0.6 is 0 Å². The fourth-order valence-electron chi connectivity index (χ4n) is 1.31. The lowest BCUT2D eigenvalue weighted by Gasteiger charge is -2.07. The molecule has 0 aromatic carbocycles. The highest BCUT2D eigenvalue weighted by atomic mass is 32.2. The van der Waals surface area contributed by atoms with Crippen molar-refractivity contribution in [3.8, 4) is 0 Å². The minimum atomic E-state index is -3.63. The van der Waals surface area contributed by atoms with Gasteiger partial charge in [-0.1, -0.05) is 6.58 Å². The standard InChI is InChI=1S/C12H11N3O2S/c1-2-10-5-6-12(9-14-10)18(16,17)15-11-4-3-7-13-8-11/h2-9,15H,1H2. The molecule has 0 aliphatic carbocycles. The Morgan fingerprint density at radius 3 is 2.61 bits per heavy atom. The summed E-state index contributed by atoms with van der Waals surface area (Å²) in [4.78, 5) is 7.88. The number of nitrogens with one attached hydrogen (secondary N) is 1. The highest BCUT2D eigenvalue weighted by Crippen LogP contribution is 2.14. The van der Waals surface area contributed by atoms with E-state index in [1.807, 2.05) is 0 Å². The van der Waals surface area contributed by atoms with Gasteiger partial charge in [-0.05, 0) is 30.3 Å². The number of nitrogens with zero attached hydrogens (tertiary/aromatic N) is 2. The zero-order valence-electron chi connectivity index (χ0n) is 9.45. The van der Waals surface area contributed by atoms with Gasteiger partial charge in [0.1, 0.15) is 4.90 Å². The van der Waals surface area contributed by atoms with Crippen LogP contribution in [0.3, 0.4) is 0 Å². The Balaban J connectivity index is 2.28. The van der Waals surface area contributed by atoms with Crippen molar-refractivity contribution in [2.75, 3.05) is 4.72 Å². The lowest BCUT2D eigenvalue weighted by molar-refractivity contribution is 0.601. The van der Waals surface area contributed by atoms with E-state index in [4.69, 9.17) is 0 Å². The topological polar surface area (TPSA) is 72.0 Å². The Bertz CT molecular complexity index is 637. The van der Waals surface area contributed by atoms with E-state index in [0.717, 1.165) is 0 Å². The highest BCUT2D eigenvalue weighted by molar-refractivity contribution is 7.92. The fraction of sp³-hybridized carbons (Fsp3) is 0. The number of pyridine rings is 2. The van der Waals surface area contributed by atoms with E-state index in [1.54, 1.807) is 30.5 Å². The summed E-state index contributed by atoms with van der Waals surface area (Å²) in [5, 5.41) is 0. The van der Waals surface area contributed by atoms with Crippen molar-refractivity contribution in [1.82, 2.24) is 9.97 Å². The SMILES string of the molecule is C=Cc1ccc(S(=O)(=O)Nc2cccnc2)cn1. The molecule has 0 amide bonds. The molecule has 0 saturated heterocycles. The molecule has 0 atom stereocenters. The molecule has 0 radical (unpaired) electrons. The van der Waals surface area contributed by atoms with Crippen LogP contribution in [0.15, 0.2) is 54.3 Å². The van der Waals surface area contributed by atoms with E-state index < -0.39 is 10.0 Å². The lowest BCUT2D eigenvalue weighted by Crippen LogP contribution is -2.13. The van der Waals surface area contributed by atoms with Crippen LogP contribution < -0.4 is 4.72 Å². The Labute approximate surface area is 105 Å². The van der Waals surface area contributed by atoms with Crippen molar-refractivity contribution in [1.29, 1.82) is 0 Å².